The lowest BCUT2D eigenvalue weighted by atomic mass is 10.2. The van der Waals surface area contributed by atoms with E-state index in [1.165, 1.54) is 36.4 Å². The van der Waals surface area contributed by atoms with Gasteiger partial charge in [-0.2, -0.15) is 0 Å². The first-order valence-electron chi connectivity index (χ1n) is 15.1. The van der Waals surface area contributed by atoms with Gasteiger partial charge >= 0.3 is 23.9 Å². The Balaban J connectivity index is 1.43. The smallest absolute Gasteiger partial charge is 0.343 e. The minimum absolute atomic E-state index is 0.00298. The van der Waals surface area contributed by atoms with Crippen molar-refractivity contribution in [3.8, 4) is 23.0 Å². The van der Waals surface area contributed by atoms with Crippen LogP contribution in [0.15, 0.2) is 85.5 Å². The van der Waals surface area contributed by atoms with Gasteiger partial charge in [0.15, 0.2) is 11.6 Å². The summed E-state index contributed by atoms with van der Waals surface area (Å²) in [5.74, 6) is -5.76. The van der Waals surface area contributed by atoms with E-state index in [1.807, 2.05) is 0 Å². The van der Waals surface area contributed by atoms with Gasteiger partial charge in [0.05, 0.1) is 37.6 Å². The Morgan fingerprint density at radius 3 is 1.65 bits per heavy atom. The average Bonchev–Trinajstić information content (AvgIpc) is 3.07. The molecule has 48 heavy (non-hydrogen) atoms. The number of rotatable bonds is 19. The minimum atomic E-state index is -1.25. The van der Waals surface area contributed by atoms with Gasteiger partial charge in [0.25, 0.3) is 0 Å². The summed E-state index contributed by atoms with van der Waals surface area (Å²) in [4.78, 5) is 47.4. The molecule has 0 heterocycles. The van der Waals surface area contributed by atoms with Crippen LogP contribution in [0.4, 0.5) is 8.78 Å². The van der Waals surface area contributed by atoms with Gasteiger partial charge in [-0.25, -0.2) is 28.0 Å². The second kappa shape index (κ2) is 19.2. The van der Waals surface area contributed by atoms with E-state index in [4.69, 9.17) is 28.4 Å². The molecule has 0 unspecified atom stereocenters. The fraction of sp³-hybridized carbons (Fsp3) is 0.278. The third-order valence-electron chi connectivity index (χ3n) is 6.41. The van der Waals surface area contributed by atoms with Crippen molar-refractivity contribution in [2.45, 2.75) is 39.0 Å². The van der Waals surface area contributed by atoms with Gasteiger partial charge in [-0.15, -0.1) is 0 Å². The van der Waals surface area contributed by atoms with Gasteiger partial charge in [0.2, 0.25) is 5.75 Å². The molecule has 0 amide bonds. The maximum Gasteiger partial charge on any atom is 0.343 e. The summed E-state index contributed by atoms with van der Waals surface area (Å²) in [6.07, 6.45) is 4.82. The molecule has 0 aliphatic carbocycles. The van der Waals surface area contributed by atoms with Crippen molar-refractivity contribution in [2.24, 2.45) is 0 Å². The Hall–Kier alpha value is -5.52. The molecule has 0 N–H and O–H groups in total. The van der Waals surface area contributed by atoms with Crippen molar-refractivity contribution in [3.63, 3.8) is 0 Å². The van der Waals surface area contributed by atoms with Crippen molar-refractivity contribution in [2.75, 3.05) is 26.4 Å². The van der Waals surface area contributed by atoms with Crippen molar-refractivity contribution in [1.82, 2.24) is 0 Å². The molecule has 0 saturated heterocycles. The first kappa shape index (κ1) is 36.9. The monoisotopic (exact) mass is 666 g/mol. The molecule has 3 aromatic rings. The Kier molecular flexibility index (Phi) is 14.8. The van der Waals surface area contributed by atoms with E-state index >= 15 is 0 Å². The molecule has 0 atom stereocenters. The maximum atomic E-state index is 14.7. The summed E-state index contributed by atoms with van der Waals surface area (Å²) < 4.78 is 60.6. The quantitative estimate of drug-likeness (QED) is 0.0574. The van der Waals surface area contributed by atoms with E-state index in [0.717, 1.165) is 43.9 Å². The van der Waals surface area contributed by atoms with E-state index < -0.39 is 47.0 Å². The van der Waals surface area contributed by atoms with Crippen LogP contribution in [-0.2, 0) is 19.1 Å². The van der Waals surface area contributed by atoms with Crippen molar-refractivity contribution < 1.29 is 56.4 Å². The molecule has 3 aromatic carbocycles. The molecule has 0 fully saturated rings. The zero-order chi connectivity index (χ0) is 34.9. The zero-order valence-electron chi connectivity index (χ0n) is 26.5. The van der Waals surface area contributed by atoms with Crippen LogP contribution in [-0.4, -0.2) is 50.3 Å². The molecule has 10 nitrogen and oxygen atoms in total. The predicted octanol–water partition coefficient (Wildman–Crippen LogP) is 6.96. The number of hydrogen-bond donors (Lipinski definition) is 0. The Bertz CT molecular complexity index is 1560. The van der Waals surface area contributed by atoms with Crippen LogP contribution in [0, 0.1) is 11.6 Å². The maximum absolute atomic E-state index is 14.7. The normalized spacial score (nSPS) is 10.4. The number of hydrogen-bond acceptors (Lipinski definition) is 10. The van der Waals surface area contributed by atoms with Crippen LogP contribution >= 0.6 is 0 Å². The van der Waals surface area contributed by atoms with E-state index in [1.54, 1.807) is 19.1 Å². The van der Waals surface area contributed by atoms with Gasteiger partial charge in [0, 0.05) is 30.2 Å². The van der Waals surface area contributed by atoms with Gasteiger partial charge in [-0.3, -0.25) is 0 Å². The van der Waals surface area contributed by atoms with E-state index in [9.17, 15) is 28.0 Å². The summed E-state index contributed by atoms with van der Waals surface area (Å²) in [5, 5.41) is 0. The minimum Gasteiger partial charge on any atom is -0.494 e. The molecule has 0 aromatic heterocycles. The average molecular weight is 667 g/mol. The zero-order valence-corrected chi connectivity index (χ0v) is 26.5. The molecular formula is C36H36F2O10. The SMILES string of the molecule is C=CC(=O)OCCCCCCOc1ccc(C(=O)Oc2cc(F)c(OC(=O)c3ccc(OCCCOC(=O)C(=C)C)cc3)c(F)c2)cc1. The predicted molar refractivity (Wildman–Crippen MR) is 170 cm³/mol. The van der Waals surface area contributed by atoms with E-state index in [2.05, 4.69) is 13.2 Å². The molecule has 0 aliphatic heterocycles. The highest BCUT2D eigenvalue weighted by molar-refractivity contribution is 5.92. The van der Waals surface area contributed by atoms with Gasteiger partial charge < -0.3 is 28.4 Å². The van der Waals surface area contributed by atoms with Crippen LogP contribution in [0.1, 0.15) is 59.7 Å². The third kappa shape index (κ3) is 12.3. The number of ether oxygens (including phenoxy) is 6. The molecule has 0 radical (unpaired) electrons. The fourth-order valence-electron chi connectivity index (χ4n) is 3.90. The highest BCUT2D eigenvalue weighted by atomic mass is 19.1. The van der Waals surface area contributed by atoms with Crippen LogP contribution < -0.4 is 18.9 Å². The fourth-order valence-corrected chi connectivity index (χ4v) is 3.90. The lowest BCUT2D eigenvalue weighted by molar-refractivity contribution is -0.139. The molecule has 12 heteroatoms. The highest BCUT2D eigenvalue weighted by Gasteiger charge is 2.20. The first-order valence-corrected chi connectivity index (χ1v) is 15.1. The lowest BCUT2D eigenvalue weighted by Crippen LogP contribution is -2.12. The third-order valence-corrected chi connectivity index (χ3v) is 6.41. The van der Waals surface area contributed by atoms with Crippen molar-refractivity contribution >= 4 is 23.9 Å². The molecule has 0 bridgehead atoms. The molecule has 254 valence electrons. The van der Waals surface area contributed by atoms with Gasteiger partial charge in [0.1, 0.15) is 17.2 Å². The summed E-state index contributed by atoms with van der Waals surface area (Å²) in [5.41, 5.74) is 0.417. The van der Waals surface area contributed by atoms with E-state index in [0.29, 0.717) is 36.7 Å². The number of carbonyl (C=O) groups is 4. The topological polar surface area (TPSA) is 124 Å². The Morgan fingerprint density at radius 2 is 1.12 bits per heavy atom. The van der Waals surface area contributed by atoms with Crippen LogP contribution in [0.25, 0.3) is 0 Å². The highest BCUT2D eigenvalue weighted by Crippen LogP contribution is 2.29. The summed E-state index contributed by atoms with van der Waals surface area (Å²) in [6, 6.07) is 13.2. The summed E-state index contributed by atoms with van der Waals surface area (Å²) >= 11 is 0. The summed E-state index contributed by atoms with van der Waals surface area (Å²) in [7, 11) is 0. The van der Waals surface area contributed by atoms with Crippen LogP contribution in [0.5, 0.6) is 23.0 Å². The van der Waals surface area contributed by atoms with Crippen molar-refractivity contribution in [1.29, 1.82) is 0 Å². The van der Waals surface area contributed by atoms with Gasteiger partial charge in [-0.1, -0.05) is 13.2 Å². The van der Waals surface area contributed by atoms with Crippen LogP contribution in [0.2, 0.25) is 0 Å². The number of benzene rings is 3. The van der Waals surface area contributed by atoms with E-state index in [-0.39, 0.29) is 24.3 Å². The Labute approximate surface area is 276 Å². The second-order valence-corrected chi connectivity index (χ2v) is 10.3. The number of carbonyl (C=O) groups excluding carboxylic acids is 4. The molecule has 0 spiro atoms. The molecule has 0 saturated carbocycles. The van der Waals surface area contributed by atoms with Crippen molar-refractivity contribution in [3.05, 3.63) is 108 Å². The molecule has 0 aliphatic rings. The Morgan fingerprint density at radius 1 is 0.646 bits per heavy atom. The number of halogens is 2. The number of esters is 4. The molecule has 3 rings (SSSR count). The molecular weight excluding hydrogens is 630 g/mol. The summed E-state index contributed by atoms with van der Waals surface area (Å²) in [6.45, 7) is 9.55. The largest absolute Gasteiger partial charge is 0.494 e. The van der Waals surface area contributed by atoms with Crippen LogP contribution in [0.3, 0.4) is 0 Å². The number of unbranched alkanes of at least 4 members (excludes halogenated alkanes) is 3. The lowest BCUT2D eigenvalue weighted by Gasteiger charge is -2.11. The van der Waals surface area contributed by atoms with Gasteiger partial charge in [-0.05, 0) is 81.1 Å². The standard InChI is InChI=1S/C36H36F2O10/c1-4-32(39)45-19-8-6-5-7-18-43-27-14-10-25(11-15-27)35(41)47-29-22-30(37)33(31(38)23-29)48-36(42)26-12-16-28(17-13-26)44-20-9-21-46-34(40)24(2)3/h4,10-17,22-23H,1-2,5-9,18-21H2,3H3. The second-order valence-electron chi connectivity index (χ2n) is 10.3. The first-order chi connectivity index (χ1) is 23.1.